The third-order valence-electron chi connectivity index (χ3n) is 2.03. The lowest BCUT2D eigenvalue weighted by Crippen LogP contribution is -2.38. The molecule has 0 amide bonds. The first kappa shape index (κ1) is 9.39. The van der Waals surface area contributed by atoms with E-state index in [-0.39, 0.29) is 0 Å². The van der Waals surface area contributed by atoms with Crippen LogP contribution in [0, 0.1) is 5.41 Å². The largest absolute Gasteiger partial charge is 0.358 e. The molecule has 0 heterocycles. The lowest BCUT2D eigenvalue weighted by atomic mass is 9.89. The summed E-state index contributed by atoms with van der Waals surface area (Å²) in [6.07, 6.45) is 0. The van der Waals surface area contributed by atoms with Crippen molar-refractivity contribution in [1.29, 1.82) is 0 Å². The molecule has 0 aromatic rings. The fourth-order valence-corrected chi connectivity index (χ4v) is 2.32. The average molecular weight is 161 g/mol. The molecule has 0 radical (unpaired) electrons. The first-order chi connectivity index (χ1) is 3.85. The number of rotatable bonds is 1. The molecule has 0 bridgehead atoms. The molecule has 0 saturated carbocycles. The summed E-state index contributed by atoms with van der Waals surface area (Å²) < 4.78 is 2.53. The highest BCUT2D eigenvalue weighted by atomic mass is 28.2. The summed E-state index contributed by atoms with van der Waals surface area (Å²) in [6.45, 7) is 9.24. The molecule has 0 fully saturated rings. The van der Waals surface area contributed by atoms with Crippen molar-refractivity contribution in [3.05, 3.63) is 0 Å². The Labute approximate surface area is 64.8 Å². The van der Waals surface area contributed by atoms with Crippen LogP contribution in [-0.2, 0) is 0 Å². The van der Waals surface area contributed by atoms with Crippen LogP contribution in [0.1, 0.15) is 27.7 Å². The Balaban J connectivity index is 3.88. The van der Waals surface area contributed by atoms with E-state index in [2.05, 4.69) is 31.9 Å². The first-order valence-electron chi connectivity index (χ1n) is 3.52. The van der Waals surface area contributed by atoms with Crippen LogP contribution in [0.15, 0.2) is 0 Å². The Morgan fingerprint density at radius 3 is 1.56 bits per heavy atom. The number of hydrogen-bond donors (Lipinski definition) is 0. The van der Waals surface area contributed by atoms with Crippen molar-refractivity contribution in [2.75, 3.05) is 0 Å². The van der Waals surface area contributed by atoms with Crippen LogP contribution in [0.25, 0.3) is 0 Å². The molecule has 0 aromatic heterocycles. The van der Waals surface area contributed by atoms with Gasteiger partial charge in [-0.3, -0.25) is 0 Å². The second-order valence-corrected chi connectivity index (χ2v) is 8.62. The Morgan fingerprint density at radius 2 is 1.56 bits per heavy atom. The molecule has 0 aliphatic rings. The number of hydrogen-bond acceptors (Lipinski definition) is 1. The second kappa shape index (κ2) is 2.99. The molecule has 9 heavy (non-hydrogen) atoms. The Bertz CT molecular complexity index is 85.5. The minimum absolute atomic E-state index is 0.476. The maximum atomic E-state index is 2.53. The minimum atomic E-state index is 0.476. The van der Waals surface area contributed by atoms with E-state index in [1.165, 1.54) is 20.8 Å². The van der Waals surface area contributed by atoms with Gasteiger partial charge in [0.1, 0.15) is 0 Å². The summed E-state index contributed by atoms with van der Waals surface area (Å²) in [5, 5.41) is 0. The fourth-order valence-electron chi connectivity index (χ4n) is 0.775. The highest BCUT2D eigenvalue weighted by Crippen LogP contribution is 2.20. The minimum Gasteiger partial charge on any atom is -0.358 e. The highest BCUT2D eigenvalue weighted by Gasteiger charge is 2.20. The summed E-state index contributed by atoms with van der Waals surface area (Å²) in [4.78, 5) is 0. The molecule has 0 rings (SSSR count). The van der Waals surface area contributed by atoms with E-state index in [4.69, 9.17) is 0 Å². The van der Waals surface area contributed by atoms with Gasteiger partial charge >= 0.3 is 0 Å². The zero-order valence-electron chi connectivity index (χ0n) is 7.52. The van der Waals surface area contributed by atoms with E-state index in [9.17, 15) is 0 Å². The monoisotopic (exact) mass is 161 g/mol. The molecule has 0 aliphatic carbocycles. The van der Waals surface area contributed by atoms with Gasteiger partial charge in [0.25, 0.3) is 0 Å². The fraction of sp³-hybridized carbons (Fsp3) is 1.00. The van der Waals surface area contributed by atoms with Gasteiger partial charge in [0.15, 0.2) is 0 Å². The van der Waals surface area contributed by atoms with Gasteiger partial charge in [0, 0.05) is 0 Å². The third-order valence-corrected chi connectivity index (χ3v) is 3.58. The predicted octanol–water partition coefficient (Wildman–Crippen LogP) is -0.716. The Kier molecular flexibility index (Phi) is 3.12. The quantitative estimate of drug-likeness (QED) is 0.459. The van der Waals surface area contributed by atoms with E-state index >= 15 is 0 Å². The van der Waals surface area contributed by atoms with E-state index in [0.717, 1.165) is 6.04 Å². The van der Waals surface area contributed by atoms with E-state index in [0.29, 0.717) is 5.41 Å². The molecule has 0 spiro atoms. The summed E-state index contributed by atoms with van der Waals surface area (Å²) in [7, 11) is 2.46. The van der Waals surface area contributed by atoms with Crippen molar-refractivity contribution in [3.8, 4) is 0 Å². The molecule has 0 aromatic carbocycles. The molecule has 56 valence electrons. The van der Waals surface area contributed by atoms with Gasteiger partial charge in [-0.2, -0.15) is 0 Å². The zero-order valence-corrected chi connectivity index (χ0v) is 11.5. The first-order valence-corrected chi connectivity index (χ1v) is 5.31. The van der Waals surface area contributed by atoms with Crippen molar-refractivity contribution in [2.45, 2.75) is 33.7 Å². The molecule has 0 aliphatic heterocycles. The Morgan fingerprint density at radius 1 is 1.22 bits per heavy atom. The summed E-state index contributed by atoms with van der Waals surface area (Å²) in [5.41, 5.74) is 0.476. The molecule has 0 N–H and O–H groups in total. The lowest BCUT2D eigenvalue weighted by Gasteiger charge is -2.33. The van der Waals surface area contributed by atoms with Gasteiger partial charge in [-0.1, -0.05) is 27.7 Å². The van der Waals surface area contributed by atoms with Gasteiger partial charge in [0.2, 0.25) is 0 Å². The van der Waals surface area contributed by atoms with Gasteiger partial charge in [-0.15, -0.1) is 0 Å². The standard InChI is InChI=1S/C6H19NSi2/c1-5(7(8)9)6(2,3)4/h5H,1-4,8-9H3/t5-/m0/s1. The summed E-state index contributed by atoms with van der Waals surface area (Å²) in [6, 6.07) is 0.774. The summed E-state index contributed by atoms with van der Waals surface area (Å²) >= 11 is 0. The van der Waals surface area contributed by atoms with Crippen molar-refractivity contribution in [1.82, 2.24) is 4.23 Å². The second-order valence-electron chi connectivity index (χ2n) is 4.01. The normalized spacial score (nSPS) is 17.0. The average Bonchev–Trinajstić information content (AvgIpc) is 1.62. The Hall–Kier alpha value is 0.394. The van der Waals surface area contributed by atoms with Crippen molar-refractivity contribution in [2.24, 2.45) is 5.41 Å². The van der Waals surface area contributed by atoms with E-state index in [1.807, 2.05) is 0 Å². The highest BCUT2D eigenvalue weighted by molar-refractivity contribution is 6.25. The smallest absolute Gasteiger partial charge is 0.0700 e. The maximum absolute atomic E-state index is 2.53. The van der Waals surface area contributed by atoms with Crippen molar-refractivity contribution >= 4 is 20.8 Å². The molecular formula is C6H19NSi2. The van der Waals surface area contributed by atoms with Crippen molar-refractivity contribution < 1.29 is 0 Å². The van der Waals surface area contributed by atoms with Crippen LogP contribution in [0.3, 0.4) is 0 Å². The molecule has 1 nitrogen and oxygen atoms in total. The van der Waals surface area contributed by atoms with Crippen LogP contribution < -0.4 is 0 Å². The van der Waals surface area contributed by atoms with Crippen LogP contribution in [0.5, 0.6) is 0 Å². The van der Waals surface area contributed by atoms with E-state index in [1.54, 1.807) is 0 Å². The molecular weight excluding hydrogens is 142 g/mol. The third kappa shape index (κ3) is 3.18. The SMILES string of the molecule is C[C@H](N([SiH3])[SiH3])C(C)(C)C. The molecule has 3 heteroatoms. The van der Waals surface area contributed by atoms with Gasteiger partial charge < -0.3 is 4.23 Å². The van der Waals surface area contributed by atoms with Crippen LogP contribution in [0.2, 0.25) is 0 Å². The molecule has 1 atom stereocenters. The van der Waals surface area contributed by atoms with Crippen LogP contribution >= 0.6 is 0 Å². The van der Waals surface area contributed by atoms with Crippen LogP contribution in [0.4, 0.5) is 0 Å². The summed E-state index contributed by atoms with van der Waals surface area (Å²) in [5.74, 6) is 0. The van der Waals surface area contributed by atoms with Gasteiger partial charge in [0.05, 0.1) is 20.8 Å². The maximum Gasteiger partial charge on any atom is 0.0700 e. The van der Waals surface area contributed by atoms with Gasteiger partial charge in [-0.05, 0) is 11.5 Å². The zero-order chi connectivity index (χ0) is 7.65. The predicted molar refractivity (Wildman–Crippen MR) is 50.6 cm³/mol. The van der Waals surface area contributed by atoms with Crippen molar-refractivity contribution in [3.63, 3.8) is 0 Å². The lowest BCUT2D eigenvalue weighted by molar-refractivity contribution is 0.262. The molecule has 0 saturated heterocycles. The van der Waals surface area contributed by atoms with Gasteiger partial charge in [-0.25, -0.2) is 0 Å². The number of nitrogens with zero attached hydrogens (tertiary/aromatic N) is 1. The topological polar surface area (TPSA) is 3.24 Å². The van der Waals surface area contributed by atoms with E-state index < -0.39 is 0 Å². The van der Waals surface area contributed by atoms with Crippen LogP contribution in [-0.4, -0.2) is 31.1 Å². The molecule has 0 unspecified atom stereocenters.